The average molecular weight is 451 g/mol. The molecule has 0 aliphatic carbocycles. The van der Waals surface area contributed by atoms with Gasteiger partial charge in [0.2, 0.25) is 0 Å². The first-order valence-electron chi connectivity index (χ1n) is 9.24. The number of hydrogen-bond acceptors (Lipinski definition) is 3. The van der Waals surface area contributed by atoms with E-state index in [0.717, 1.165) is 26.5 Å². The van der Waals surface area contributed by atoms with Crippen molar-refractivity contribution in [2.24, 2.45) is 0 Å². The molecular weight excluding hydrogens is 432 g/mol. The number of nitro groups is 1. The van der Waals surface area contributed by atoms with Crippen molar-refractivity contribution in [2.75, 3.05) is 0 Å². The van der Waals surface area contributed by atoms with Gasteiger partial charge in [0, 0.05) is 26.5 Å². The van der Waals surface area contributed by atoms with Crippen LogP contribution in [-0.2, 0) is 0 Å². The van der Waals surface area contributed by atoms with Crippen molar-refractivity contribution >= 4 is 26.8 Å². The van der Waals surface area contributed by atoms with Gasteiger partial charge in [0.05, 0.1) is 5.92 Å². The Morgan fingerprint density at radius 1 is 0.897 bits per heavy atom. The zero-order valence-electron chi connectivity index (χ0n) is 15.4. The summed E-state index contributed by atoms with van der Waals surface area (Å²) >= 11 is 3.37. The Balaban J connectivity index is 1.88. The van der Waals surface area contributed by atoms with Crippen LogP contribution in [0, 0.1) is 10.1 Å². The van der Waals surface area contributed by atoms with Crippen molar-refractivity contribution in [2.45, 2.75) is 18.1 Å². The minimum Gasteiger partial charge on any atom is -0.381 e. The summed E-state index contributed by atoms with van der Waals surface area (Å²) in [5.41, 5.74) is 3.00. The van der Waals surface area contributed by atoms with Gasteiger partial charge in [-0.25, -0.2) is 0 Å². The van der Waals surface area contributed by atoms with E-state index in [1.807, 2.05) is 60.8 Å². The van der Waals surface area contributed by atoms with Crippen LogP contribution in [0.3, 0.4) is 0 Å². The summed E-state index contributed by atoms with van der Waals surface area (Å²) in [7, 11) is 0. The molecule has 6 heteroatoms. The first-order chi connectivity index (χ1) is 14.1. The number of rotatable bonds is 6. The summed E-state index contributed by atoms with van der Waals surface area (Å²) in [6.45, 7) is 0. The van der Waals surface area contributed by atoms with E-state index in [4.69, 9.17) is 0 Å². The summed E-state index contributed by atoms with van der Waals surface area (Å²) in [6, 6.07) is 22.8. The number of H-pyrrole nitrogens is 1. The molecule has 0 radical (unpaired) electrons. The molecule has 1 aromatic heterocycles. The topological polar surface area (TPSA) is 79.2 Å². The number of para-hydroxylation sites is 1. The van der Waals surface area contributed by atoms with E-state index < -0.39 is 18.1 Å². The van der Waals surface area contributed by atoms with Crippen molar-refractivity contribution in [3.05, 3.63) is 116 Å². The molecule has 0 aliphatic heterocycles. The monoisotopic (exact) mass is 450 g/mol. The SMILES string of the molecule is O=[N+]([O-])[C@@H]([C@H](c1ccccc1)c1c[nH]c2ccccc12)[C@@H](O)c1ccc(Br)cc1. The van der Waals surface area contributed by atoms with E-state index in [2.05, 4.69) is 20.9 Å². The number of hydrogen-bond donors (Lipinski definition) is 2. The number of nitrogens with zero attached hydrogens (tertiary/aromatic N) is 1. The molecule has 0 unspecified atom stereocenters. The second-order valence-electron chi connectivity index (χ2n) is 6.95. The smallest absolute Gasteiger partial charge is 0.253 e. The summed E-state index contributed by atoms with van der Waals surface area (Å²) in [5.74, 6) is -0.624. The van der Waals surface area contributed by atoms with E-state index >= 15 is 0 Å². The maximum atomic E-state index is 12.3. The molecule has 3 atom stereocenters. The van der Waals surface area contributed by atoms with Crippen LogP contribution in [0.2, 0.25) is 0 Å². The number of fused-ring (bicyclic) bond motifs is 1. The lowest BCUT2D eigenvalue weighted by molar-refractivity contribution is -0.538. The molecule has 4 aromatic rings. The van der Waals surface area contributed by atoms with Crippen molar-refractivity contribution < 1.29 is 10.0 Å². The highest BCUT2D eigenvalue weighted by Crippen LogP contribution is 2.39. The van der Waals surface area contributed by atoms with Gasteiger partial charge in [-0.05, 0) is 34.9 Å². The Morgan fingerprint density at radius 2 is 1.55 bits per heavy atom. The lowest BCUT2D eigenvalue weighted by Gasteiger charge is -2.25. The Labute approximate surface area is 176 Å². The molecule has 0 saturated heterocycles. The van der Waals surface area contributed by atoms with Crippen LogP contribution in [0.25, 0.3) is 10.9 Å². The third-order valence-electron chi connectivity index (χ3n) is 5.23. The van der Waals surface area contributed by atoms with Crippen LogP contribution in [0.15, 0.2) is 89.5 Å². The van der Waals surface area contributed by atoms with Crippen molar-refractivity contribution in [1.29, 1.82) is 0 Å². The minimum absolute atomic E-state index is 0.369. The van der Waals surface area contributed by atoms with Gasteiger partial charge in [-0.2, -0.15) is 0 Å². The molecule has 0 fully saturated rings. The fraction of sp³-hybridized carbons (Fsp3) is 0.130. The number of aromatic amines is 1. The first-order valence-corrected chi connectivity index (χ1v) is 10.0. The van der Waals surface area contributed by atoms with E-state index in [9.17, 15) is 15.2 Å². The lowest BCUT2D eigenvalue weighted by atomic mass is 9.81. The fourth-order valence-corrected chi connectivity index (χ4v) is 4.11. The van der Waals surface area contributed by atoms with Crippen LogP contribution >= 0.6 is 15.9 Å². The van der Waals surface area contributed by atoms with Gasteiger partial charge >= 0.3 is 0 Å². The highest BCUT2D eigenvalue weighted by atomic mass is 79.9. The third kappa shape index (κ3) is 3.81. The van der Waals surface area contributed by atoms with E-state index in [1.54, 1.807) is 24.3 Å². The number of nitrogens with one attached hydrogen (secondary N) is 1. The van der Waals surface area contributed by atoms with E-state index in [-0.39, 0.29) is 4.92 Å². The van der Waals surface area contributed by atoms with Crippen molar-refractivity contribution in [3.8, 4) is 0 Å². The van der Waals surface area contributed by atoms with Gasteiger partial charge in [0.15, 0.2) is 0 Å². The van der Waals surface area contributed by atoms with Crippen LogP contribution in [0.4, 0.5) is 0 Å². The molecule has 1 heterocycles. The van der Waals surface area contributed by atoms with Gasteiger partial charge < -0.3 is 10.1 Å². The third-order valence-corrected chi connectivity index (χ3v) is 5.76. The summed E-state index contributed by atoms with van der Waals surface area (Å²) in [6.07, 6.45) is 0.546. The van der Waals surface area contributed by atoms with Crippen LogP contribution in [0.5, 0.6) is 0 Å². The summed E-state index contributed by atoms with van der Waals surface area (Å²) in [4.78, 5) is 15.1. The number of halogens is 1. The standard InChI is InChI=1S/C23H19BrN2O3/c24-17-12-10-16(11-13-17)23(27)22(26(28)29)21(15-6-2-1-3-7-15)19-14-25-20-9-5-4-8-18(19)20/h1-14,21-23,25,27H/t21-,22+,23+/m1/s1. The molecule has 0 saturated carbocycles. The maximum Gasteiger partial charge on any atom is 0.253 e. The Bertz CT molecular complexity index is 1130. The summed E-state index contributed by atoms with van der Waals surface area (Å²) in [5, 5.41) is 24.2. The molecule has 0 amide bonds. The Kier molecular flexibility index (Phi) is 5.47. The number of benzene rings is 3. The Hall–Kier alpha value is -2.96. The summed E-state index contributed by atoms with van der Waals surface area (Å²) < 4.78 is 0.849. The second-order valence-corrected chi connectivity index (χ2v) is 7.87. The molecule has 4 rings (SSSR count). The molecule has 3 aromatic carbocycles. The average Bonchev–Trinajstić information content (AvgIpc) is 3.16. The quantitative estimate of drug-likeness (QED) is 0.303. The molecule has 0 spiro atoms. The lowest BCUT2D eigenvalue weighted by Crippen LogP contribution is -2.34. The van der Waals surface area contributed by atoms with Crippen molar-refractivity contribution in [1.82, 2.24) is 4.98 Å². The first kappa shape index (κ1) is 19.4. The van der Waals surface area contributed by atoms with E-state index in [0.29, 0.717) is 5.56 Å². The highest BCUT2D eigenvalue weighted by Gasteiger charge is 2.42. The minimum atomic E-state index is -1.27. The molecule has 2 N–H and O–H groups in total. The second kappa shape index (κ2) is 8.19. The molecule has 5 nitrogen and oxygen atoms in total. The predicted molar refractivity (Wildman–Crippen MR) is 116 cm³/mol. The molecular formula is C23H19BrN2O3. The number of aromatic nitrogens is 1. The molecule has 146 valence electrons. The van der Waals surface area contributed by atoms with Crippen LogP contribution in [0.1, 0.15) is 28.7 Å². The van der Waals surface area contributed by atoms with E-state index in [1.165, 1.54) is 0 Å². The molecule has 0 bridgehead atoms. The number of aliphatic hydroxyl groups is 1. The maximum absolute atomic E-state index is 12.3. The van der Waals surface area contributed by atoms with Gasteiger partial charge in [-0.15, -0.1) is 0 Å². The van der Waals surface area contributed by atoms with Gasteiger partial charge in [0.25, 0.3) is 6.04 Å². The predicted octanol–water partition coefficient (Wildman–Crippen LogP) is 5.44. The van der Waals surface area contributed by atoms with Gasteiger partial charge in [-0.1, -0.05) is 76.6 Å². The normalized spacial score (nSPS) is 14.4. The molecule has 29 heavy (non-hydrogen) atoms. The largest absolute Gasteiger partial charge is 0.381 e. The zero-order valence-corrected chi connectivity index (χ0v) is 17.0. The van der Waals surface area contributed by atoms with Crippen LogP contribution in [-0.4, -0.2) is 21.1 Å². The van der Waals surface area contributed by atoms with Gasteiger partial charge in [-0.3, -0.25) is 10.1 Å². The van der Waals surface area contributed by atoms with Gasteiger partial charge in [0.1, 0.15) is 6.10 Å². The highest BCUT2D eigenvalue weighted by molar-refractivity contribution is 9.10. The fourth-order valence-electron chi connectivity index (χ4n) is 3.85. The Morgan fingerprint density at radius 3 is 2.24 bits per heavy atom. The zero-order chi connectivity index (χ0) is 20.4. The number of aliphatic hydroxyl groups excluding tert-OH is 1. The molecule has 0 aliphatic rings. The van der Waals surface area contributed by atoms with Crippen LogP contribution < -0.4 is 0 Å². The van der Waals surface area contributed by atoms with Crippen molar-refractivity contribution in [3.63, 3.8) is 0 Å².